The molecule has 3 rings (SSSR count). The fourth-order valence-corrected chi connectivity index (χ4v) is 1.95. The smallest absolute Gasteiger partial charge is 0.278 e. The fraction of sp³-hybridized carbons (Fsp3) is 0.214. The zero-order chi connectivity index (χ0) is 14.8. The average Bonchev–Trinajstić information content (AvgIpc) is 2.95. The maximum absolute atomic E-state index is 12.2. The highest BCUT2D eigenvalue weighted by Crippen LogP contribution is 2.12. The summed E-state index contributed by atoms with van der Waals surface area (Å²) in [6.07, 6.45) is 2.86. The number of benzene rings is 1. The van der Waals surface area contributed by atoms with Crippen LogP contribution in [-0.2, 0) is 0 Å². The second-order valence-electron chi connectivity index (χ2n) is 4.82. The first-order valence-corrected chi connectivity index (χ1v) is 6.58. The van der Waals surface area contributed by atoms with Crippen LogP contribution in [0.5, 0.6) is 0 Å². The van der Waals surface area contributed by atoms with Gasteiger partial charge in [-0.3, -0.25) is 15.1 Å². The Morgan fingerprint density at radius 1 is 1.19 bits per heavy atom. The van der Waals surface area contributed by atoms with Crippen molar-refractivity contribution in [2.24, 2.45) is 0 Å². The van der Waals surface area contributed by atoms with Gasteiger partial charge in [0.15, 0.2) is 0 Å². The molecule has 0 fully saturated rings. The van der Waals surface area contributed by atoms with Crippen LogP contribution in [0.2, 0.25) is 0 Å². The minimum absolute atomic E-state index is 0.102. The molecule has 1 amide bonds. The highest BCUT2D eigenvalue weighted by molar-refractivity contribution is 6.02. The summed E-state index contributed by atoms with van der Waals surface area (Å²) < 4.78 is 1.63. The number of carbonyl (C=O) groups is 1. The van der Waals surface area contributed by atoms with Crippen molar-refractivity contribution in [3.63, 3.8) is 0 Å². The predicted octanol–water partition coefficient (Wildman–Crippen LogP) is 2.05. The number of amides is 1. The zero-order valence-corrected chi connectivity index (χ0v) is 11.7. The monoisotopic (exact) mass is 282 g/mol. The lowest BCUT2D eigenvalue weighted by Crippen LogP contribution is -2.18. The molecule has 0 bridgehead atoms. The molecule has 0 saturated carbocycles. The van der Waals surface area contributed by atoms with Gasteiger partial charge in [0.1, 0.15) is 12.0 Å². The maximum Gasteiger partial charge on any atom is 0.278 e. The van der Waals surface area contributed by atoms with Crippen molar-refractivity contribution < 1.29 is 4.79 Å². The lowest BCUT2D eigenvalue weighted by molar-refractivity contribution is 0.102. The van der Waals surface area contributed by atoms with Gasteiger partial charge in [-0.1, -0.05) is 12.1 Å². The van der Waals surface area contributed by atoms with Crippen molar-refractivity contribution in [1.82, 2.24) is 24.7 Å². The Morgan fingerprint density at radius 2 is 1.95 bits per heavy atom. The molecule has 2 aromatic heterocycles. The van der Waals surface area contributed by atoms with Gasteiger partial charge >= 0.3 is 0 Å². The quantitative estimate of drug-likeness (QED) is 0.794. The number of rotatable bonds is 3. The first-order valence-electron chi connectivity index (χ1n) is 6.58. The van der Waals surface area contributed by atoms with Crippen molar-refractivity contribution in [1.29, 1.82) is 0 Å². The molecule has 0 radical (unpaired) electrons. The van der Waals surface area contributed by atoms with Gasteiger partial charge in [0.2, 0.25) is 5.95 Å². The van der Waals surface area contributed by atoms with Crippen molar-refractivity contribution >= 4 is 22.9 Å². The zero-order valence-electron chi connectivity index (χ0n) is 11.7. The summed E-state index contributed by atoms with van der Waals surface area (Å²) in [5, 5.41) is 6.77. The second kappa shape index (κ2) is 5.28. The Morgan fingerprint density at radius 3 is 2.71 bits per heavy atom. The molecule has 0 aliphatic rings. The van der Waals surface area contributed by atoms with Crippen LogP contribution in [0.3, 0.4) is 0 Å². The second-order valence-corrected chi connectivity index (χ2v) is 4.82. The number of nitrogens with zero attached hydrogens (tertiary/aromatic N) is 5. The predicted molar refractivity (Wildman–Crippen MR) is 77.9 cm³/mol. The molecule has 0 saturated heterocycles. The third-order valence-electron chi connectivity index (χ3n) is 2.97. The van der Waals surface area contributed by atoms with Crippen LogP contribution < -0.4 is 5.32 Å². The number of anilines is 1. The molecule has 0 aliphatic heterocycles. The van der Waals surface area contributed by atoms with Crippen LogP contribution in [0.1, 0.15) is 30.4 Å². The van der Waals surface area contributed by atoms with E-state index in [9.17, 15) is 4.79 Å². The molecular weight excluding hydrogens is 268 g/mol. The van der Waals surface area contributed by atoms with Crippen LogP contribution in [-0.4, -0.2) is 30.6 Å². The van der Waals surface area contributed by atoms with Crippen LogP contribution >= 0.6 is 0 Å². The number of nitrogens with one attached hydrogen (secondary N) is 1. The molecule has 2 heterocycles. The number of aromatic nitrogens is 5. The van der Waals surface area contributed by atoms with E-state index >= 15 is 0 Å². The minimum atomic E-state index is -0.358. The van der Waals surface area contributed by atoms with E-state index in [0.717, 1.165) is 5.52 Å². The van der Waals surface area contributed by atoms with E-state index in [1.807, 2.05) is 38.1 Å². The summed E-state index contributed by atoms with van der Waals surface area (Å²) in [6.45, 7) is 3.92. The summed E-state index contributed by atoms with van der Waals surface area (Å²) in [6, 6.07) is 7.50. The van der Waals surface area contributed by atoms with Crippen LogP contribution in [0.15, 0.2) is 36.8 Å². The third-order valence-corrected chi connectivity index (χ3v) is 2.97. The molecule has 1 aromatic carbocycles. The van der Waals surface area contributed by atoms with Crippen molar-refractivity contribution in [2.45, 2.75) is 19.9 Å². The lowest BCUT2D eigenvalue weighted by Gasteiger charge is -2.09. The standard InChI is InChI=1S/C14H14N6O/c1-9(2)20-14(16-8-17-20)19-13(21)12-7-15-10-5-3-4-6-11(10)18-12/h3-9H,1-2H3,(H,16,17,19,21). The van der Waals surface area contributed by atoms with Crippen LogP contribution in [0.25, 0.3) is 11.0 Å². The van der Waals surface area contributed by atoms with Crippen molar-refractivity contribution in [3.05, 3.63) is 42.5 Å². The molecule has 106 valence electrons. The van der Waals surface area contributed by atoms with Crippen molar-refractivity contribution in [3.8, 4) is 0 Å². The topological polar surface area (TPSA) is 85.6 Å². The van der Waals surface area contributed by atoms with Gasteiger partial charge in [-0.15, -0.1) is 0 Å². The Bertz CT molecular complexity index is 795. The molecule has 0 aliphatic carbocycles. The van der Waals surface area contributed by atoms with Gasteiger partial charge < -0.3 is 0 Å². The number of hydrogen-bond acceptors (Lipinski definition) is 5. The van der Waals surface area contributed by atoms with Crippen molar-refractivity contribution in [2.75, 3.05) is 5.32 Å². The summed E-state index contributed by atoms with van der Waals surface area (Å²) in [4.78, 5) is 24.8. The minimum Gasteiger partial charge on any atom is -0.289 e. The molecule has 0 unspecified atom stereocenters. The van der Waals surface area contributed by atoms with Gasteiger partial charge in [0.05, 0.1) is 23.3 Å². The highest BCUT2D eigenvalue weighted by Gasteiger charge is 2.14. The summed E-state index contributed by atoms with van der Waals surface area (Å²) in [7, 11) is 0. The fourth-order valence-electron chi connectivity index (χ4n) is 1.95. The van der Waals surface area contributed by atoms with Gasteiger partial charge in [-0.2, -0.15) is 10.1 Å². The summed E-state index contributed by atoms with van der Waals surface area (Å²) in [5.41, 5.74) is 1.67. The SMILES string of the molecule is CC(C)n1ncnc1NC(=O)c1cnc2ccccc2n1. The lowest BCUT2D eigenvalue weighted by atomic mass is 10.3. The molecule has 21 heavy (non-hydrogen) atoms. The molecule has 0 spiro atoms. The highest BCUT2D eigenvalue weighted by atomic mass is 16.2. The Labute approximate surface area is 121 Å². The van der Waals surface area contributed by atoms with Gasteiger partial charge in [-0.05, 0) is 26.0 Å². The first kappa shape index (κ1) is 13.2. The number of para-hydroxylation sites is 2. The normalized spacial score (nSPS) is 11.0. The van der Waals surface area contributed by atoms with E-state index < -0.39 is 0 Å². The molecular formula is C14H14N6O. The Hall–Kier alpha value is -2.83. The molecule has 7 nitrogen and oxygen atoms in total. The molecule has 7 heteroatoms. The van der Waals surface area contributed by atoms with E-state index in [0.29, 0.717) is 11.5 Å². The maximum atomic E-state index is 12.2. The first-order chi connectivity index (χ1) is 10.1. The van der Waals surface area contributed by atoms with E-state index in [1.165, 1.54) is 12.5 Å². The average molecular weight is 282 g/mol. The Balaban J connectivity index is 1.88. The Kier molecular flexibility index (Phi) is 3.31. The summed E-state index contributed by atoms with van der Waals surface area (Å²) in [5.74, 6) is 0.0353. The molecule has 3 aromatic rings. The van der Waals surface area contributed by atoms with E-state index in [1.54, 1.807) is 4.68 Å². The number of carbonyl (C=O) groups excluding carboxylic acids is 1. The van der Waals surface area contributed by atoms with Gasteiger partial charge in [-0.25, -0.2) is 9.67 Å². The summed E-state index contributed by atoms with van der Waals surface area (Å²) >= 11 is 0. The molecule has 0 atom stereocenters. The number of fused-ring (bicyclic) bond motifs is 1. The molecule has 1 N–H and O–H groups in total. The van der Waals surface area contributed by atoms with E-state index in [-0.39, 0.29) is 17.6 Å². The third kappa shape index (κ3) is 2.58. The van der Waals surface area contributed by atoms with E-state index in [4.69, 9.17) is 0 Å². The largest absolute Gasteiger partial charge is 0.289 e. The number of hydrogen-bond donors (Lipinski definition) is 1. The van der Waals surface area contributed by atoms with E-state index in [2.05, 4.69) is 25.4 Å². The van der Waals surface area contributed by atoms with Gasteiger partial charge in [0, 0.05) is 0 Å². The van der Waals surface area contributed by atoms with Gasteiger partial charge in [0.25, 0.3) is 5.91 Å². The van der Waals surface area contributed by atoms with Crippen LogP contribution in [0.4, 0.5) is 5.95 Å². The van der Waals surface area contributed by atoms with Crippen LogP contribution in [0, 0.1) is 0 Å².